The van der Waals surface area contributed by atoms with E-state index in [1.165, 1.54) is 23.5 Å². The van der Waals surface area contributed by atoms with Crippen molar-refractivity contribution in [3.8, 4) is 17.2 Å². The number of carbonyl (C=O) groups is 1. The van der Waals surface area contributed by atoms with Crippen molar-refractivity contribution in [2.75, 3.05) is 24.0 Å². The van der Waals surface area contributed by atoms with Gasteiger partial charge in [0.2, 0.25) is 0 Å². The molecule has 1 amide bonds. The number of phenolic OH excluding ortho intramolecular Hbond substituents is 2. The number of phenols is 2. The van der Waals surface area contributed by atoms with E-state index in [4.69, 9.17) is 9.73 Å². The first-order chi connectivity index (χ1) is 16.4. The summed E-state index contributed by atoms with van der Waals surface area (Å²) in [4.78, 5) is 23.6. The number of anilines is 2. The first-order valence-corrected chi connectivity index (χ1v) is 12.0. The first-order valence-electron chi connectivity index (χ1n) is 10.4. The lowest BCUT2D eigenvalue weighted by Gasteiger charge is -2.17. The summed E-state index contributed by atoms with van der Waals surface area (Å²) >= 11 is 2.83. The van der Waals surface area contributed by atoms with Crippen LogP contribution in [0.5, 0.6) is 17.2 Å². The van der Waals surface area contributed by atoms with Crippen LogP contribution >= 0.6 is 23.5 Å². The van der Waals surface area contributed by atoms with Crippen LogP contribution in [0.1, 0.15) is 5.56 Å². The van der Waals surface area contributed by atoms with Gasteiger partial charge in [0.15, 0.2) is 5.17 Å². The molecule has 0 spiro atoms. The molecular weight excluding hydrogens is 470 g/mol. The Labute approximate surface area is 205 Å². The number of methoxy groups -OCH3 is 1. The summed E-state index contributed by atoms with van der Waals surface area (Å²) in [6.07, 6.45) is 0. The number of benzene rings is 3. The van der Waals surface area contributed by atoms with Crippen LogP contribution < -0.4 is 14.5 Å². The van der Waals surface area contributed by atoms with E-state index in [2.05, 4.69) is 0 Å². The fourth-order valence-electron chi connectivity index (χ4n) is 3.68. The molecule has 2 N–H and O–H groups in total. The van der Waals surface area contributed by atoms with Crippen molar-refractivity contribution >= 4 is 51.7 Å². The fraction of sp³-hybridized carbons (Fsp3) is 0.120. The highest BCUT2D eigenvalue weighted by molar-refractivity contribution is 8.20. The van der Waals surface area contributed by atoms with Crippen molar-refractivity contribution in [1.82, 2.24) is 0 Å². The van der Waals surface area contributed by atoms with Gasteiger partial charge in [0.25, 0.3) is 5.91 Å². The Morgan fingerprint density at radius 1 is 0.971 bits per heavy atom. The highest BCUT2D eigenvalue weighted by Gasteiger charge is 2.40. The minimum absolute atomic E-state index is 0.116. The van der Waals surface area contributed by atoms with Gasteiger partial charge in [-0.2, -0.15) is 0 Å². The predicted octanol–water partition coefficient (Wildman–Crippen LogP) is 5.59. The minimum atomic E-state index is -0.195. The number of carbonyl (C=O) groups excluding carboxylic acids is 1. The molecule has 2 aliphatic rings. The maximum Gasteiger partial charge on any atom is 0.274 e. The number of hydrogen-bond acceptors (Lipinski definition) is 8. The largest absolute Gasteiger partial charge is 0.508 e. The van der Waals surface area contributed by atoms with E-state index in [9.17, 15) is 15.0 Å². The number of ether oxygens (including phenoxy) is 1. The Hall–Kier alpha value is -3.56. The number of aliphatic imine (C=N–C) groups is 1. The Kier molecular flexibility index (Phi) is 5.66. The van der Waals surface area contributed by atoms with Crippen molar-refractivity contribution in [3.63, 3.8) is 0 Å². The smallest absolute Gasteiger partial charge is 0.274 e. The molecule has 172 valence electrons. The van der Waals surface area contributed by atoms with Crippen molar-refractivity contribution in [2.24, 2.45) is 4.99 Å². The molecule has 3 aromatic rings. The zero-order valence-electron chi connectivity index (χ0n) is 18.6. The zero-order chi connectivity index (χ0) is 24.0. The van der Waals surface area contributed by atoms with Gasteiger partial charge in [-0.15, -0.1) is 0 Å². The maximum atomic E-state index is 13.7. The SMILES string of the molecule is COc1ccc2c(c1)N(C)/C(=C1/SC(=Nc3ccc(O)c(C)c3)N(c3ccc(O)cc3)C1=O)S2. The molecule has 3 aromatic carbocycles. The third-order valence-electron chi connectivity index (χ3n) is 5.53. The molecule has 2 heterocycles. The molecule has 1 saturated heterocycles. The summed E-state index contributed by atoms with van der Waals surface area (Å²) in [5, 5.41) is 20.9. The summed E-state index contributed by atoms with van der Waals surface area (Å²) in [5.74, 6) is 0.858. The molecule has 34 heavy (non-hydrogen) atoms. The van der Waals surface area contributed by atoms with E-state index < -0.39 is 0 Å². The van der Waals surface area contributed by atoms with Crippen molar-refractivity contribution in [1.29, 1.82) is 0 Å². The highest BCUT2D eigenvalue weighted by atomic mass is 32.2. The van der Waals surface area contributed by atoms with Crippen LogP contribution in [0.25, 0.3) is 0 Å². The number of hydrogen-bond donors (Lipinski definition) is 2. The van der Waals surface area contributed by atoms with Gasteiger partial charge in [0, 0.05) is 18.0 Å². The van der Waals surface area contributed by atoms with Gasteiger partial charge in [-0.1, -0.05) is 11.8 Å². The summed E-state index contributed by atoms with van der Waals surface area (Å²) in [6.45, 7) is 1.80. The van der Waals surface area contributed by atoms with Gasteiger partial charge in [0.1, 0.15) is 22.2 Å². The second-order valence-electron chi connectivity index (χ2n) is 7.75. The number of aryl methyl sites for hydroxylation is 1. The van der Waals surface area contributed by atoms with Crippen LogP contribution in [0, 0.1) is 6.92 Å². The van der Waals surface area contributed by atoms with Crippen LogP contribution in [0.3, 0.4) is 0 Å². The molecule has 9 heteroatoms. The topological polar surface area (TPSA) is 85.6 Å². The predicted molar refractivity (Wildman–Crippen MR) is 137 cm³/mol. The van der Waals surface area contributed by atoms with Gasteiger partial charge in [-0.05, 0) is 78.8 Å². The molecule has 0 radical (unpaired) electrons. The Morgan fingerprint density at radius 3 is 2.44 bits per heavy atom. The summed E-state index contributed by atoms with van der Waals surface area (Å²) in [6, 6.07) is 17.4. The number of aromatic hydroxyl groups is 2. The number of fused-ring (bicyclic) bond motifs is 1. The second kappa shape index (κ2) is 8.66. The first kappa shape index (κ1) is 22.2. The maximum absolute atomic E-state index is 13.7. The average molecular weight is 492 g/mol. The zero-order valence-corrected chi connectivity index (χ0v) is 20.3. The number of thioether (sulfide) groups is 2. The number of amidine groups is 1. The Balaban J connectivity index is 1.60. The average Bonchev–Trinajstić information content (AvgIpc) is 3.32. The number of rotatable bonds is 3. The monoisotopic (exact) mass is 491 g/mol. The molecule has 2 aliphatic heterocycles. The molecule has 0 unspecified atom stereocenters. The summed E-state index contributed by atoms with van der Waals surface area (Å²) in [7, 11) is 3.56. The van der Waals surface area contributed by atoms with E-state index in [0.717, 1.165) is 21.4 Å². The molecule has 0 aromatic heterocycles. The van der Waals surface area contributed by atoms with Crippen LogP contribution in [0.4, 0.5) is 17.1 Å². The van der Waals surface area contributed by atoms with Crippen molar-refractivity contribution < 1.29 is 19.7 Å². The van der Waals surface area contributed by atoms with E-state index in [0.29, 0.717) is 27.0 Å². The lowest BCUT2D eigenvalue weighted by atomic mass is 10.2. The molecule has 1 fully saturated rings. The van der Waals surface area contributed by atoms with Gasteiger partial charge in [-0.3, -0.25) is 9.69 Å². The van der Waals surface area contributed by atoms with Crippen LogP contribution in [-0.4, -0.2) is 35.4 Å². The summed E-state index contributed by atoms with van der Waals surface area (Å²) in [5.41, 5.74) is 2.89. The molecule has 7 nitrogen and oxygen atoms in total. The number of nitrogens with zero attached hydrogens (tertiary/aromatic N) is 3. The van der Waals surface area contributed by atoms with Gasteiger partial charge >= 0.3 is 0 Å². The quantitative estimate of drug-likeness (QED) is 0.462. The molecule has 0 saturated carbocycles. The lowest BCUT2D eigenvalue weighted by molar-refractivity contribution is -0.113. The summed E-state index contributed by atoms with van der Waals surface area (Å²) < 4.78 is 5.37. The number of amides is 1. The van der Waals surface area contributed by atoms with Crippen molar-refractivity contribution in [3.05, 3.63) is 76.2 Å². The van der Waals surface area contributed by atoms with Crippen LogP contribution in [0.2, 0.25) is 0 Å². The molecular formula is C25H21N3O4S2. The Morgan fingerprint density at radius 2 is 1.74 bits per heavy atom. The standard InChI is InChI=1S/C25H21N3O4S2/c1-14-12-15(4-10-20(14)30)26-25-28(16-5-7-17(29)8-6-16)23(31)22(34-25)24-27(2)19-13-18(32-3)9-11-21(19)33-24/h4-13,29-30H,1-3H3/b24-22-,26-25?. The van der Waals surface area contributed by atoms with Gasteiger partial charge < -0.3 is 19.8 Å². The molecule has 0 bridgehead atoms. The van der Waals surface area contributed by atoms with Gasteiger partial charge in [-0.25, -0.2) is 4.99 Å². The van der Waals surface area contributed by atoms with Crippen molar-refractivity contribution in [2.45, 2.75) is 11.8 Å². The second-order valence-corrected chi connectivity index (χ2v) is 9.76. The van der Waals surface area contributed by atoms with E-state index in [-0.39, 0.29) is 17.4 Å². The van der Waals surface area contributed by atoms with E-state index in [1.54, 1.807) is 61.4 Å². The van der Waals surface area contributed by atoms with E-state index >= 15 is 0 Å². The normalized spacial score (nSPS) is 18.7. The third kappa shape index (κ3) is 3.86. The van der Waals surface area contributed by atoms with E-state index in [1.807, 2.05) is 30.1 Å². The third-order valence-corrected chi connectivity index (χ3v) is 7.92. The highest BCUT2D eigenvalue weighted by Crippen LogP contribution is 2.51. The Bertz CT molecular complexity index is 1370. The molecule has 5 rings (SSSR count). The fourth-order valence-corrected chi connectivity index (χ4v) is 6.01. The minimum Gasteiger partial charge on any atom is -0.508 e. The molecule has 0 atom stereocenters. The lowest BCUT2D eigenvalue weighted by Crippen LogP contribution is -2.29. The molecule has 0 aliphatic carbocycles. The van der Waals surface area contributed by atoms with Crippen LogP contribution in [-0.2, 0) is 4.79 Å². The van der Waals surface area contributed by atoms with Gasteiger partial charge in [0.05, 0.1) is 29.2 Å². The van der Waals surface area contributed by atoms with Crippen LogP contribution in [0.15, 0.2) is 80.5 Å².